The van der Waals surface area contributed by atoms with Crippen LogP contribution >= 0.6 is 11.8 Å². The molecular formula is C23H27N3O2S. The minimum Gasteiger partial charge on any atom is -0.387 e. The molecule has 0 spiro atoms. The van der Waals surface area contributed by atoms with Crippen molar-refractivity contribution in [3.8, 4) is 0 Å². The van der Waals surface area contributed by atoms with Crippen molar-refractivity contribution in [1.82, 2.24) is 14.5 Å². The molecule has 0 bridgehead atoms. The topological polar surface area (TPSA) is 61.3 Å². The Morgan fingerprint density at radius 2 is 2.00 bits per heavy atom. The van der Waals surface area contributed by atoms with Gasteiger partial charge in [-0.2, -0.15) is 0 Å². The molecule has 152 valence electrons. The second kappa shape index (κ2) is 8.01. The van der Waals surface area contributed by atoms with Crippen LogP contribution in [0.4, 0.5) is 0 Å². The van der Waals surface area contributed by atoms with E-state index in [-0.39, 0.29) is 11.7 Å². The van der Waals surface area contributed by atoms with Gasteiger partial charge in [0.15, 0.2) is 0 Å². The minimum atomic E-state index is -0.459. The van der Waals surface area contributed by atoms with Crippen LogP contribution in [0.1, 0.15) is 42.5 Å². The number of benzene rings is 2. The molecule has 5 rings (SSSR count). The van der Waals surface area contributed by atoms with Crippen molar-refractivity contribution in [2.75, 3.05) is 25.4 Å². The number of H-pyrrole nitrogens is 1. The van der Waals surface area contributed by atoms with Gasteiger partial charge >= 0.3 is 5.69 Å². The molecule has 1 atom stereocenters. The highest BCUT2D eigenvalue weighted by atomic mass is 32.2. The van der Waals surface area contributed by atoms with Crippen molar-refractivity contribution in [2.24, 2.45) is 0 Å². The van der Waals surface area contributed by atoms with Crippen molar-refractivity contribution < 1.29 is 5.11 Å². The number of rotatable bonds is 4. The summed E-state index contributed by atoms with van der Waals surface area (Å²) >= 11 is 1.92. The molecule has 29 heavy (non-hydrogen) atoms. The fraction of sp³-hybridized carbons (Fsp3) is 0.435. The molecule has 6 heteroatoms. The summed E-state index contributed by atoms with van der Waals surface area (Å²) in [5, 5.41) is 10.8. The van der Waals surface area contributed by atoms with Gasteiger partial charge in [-0.3, -0.25) is 4.57 Å². The van der Waals surface area contributed by atoms with Gasteiger partial charge in [0.25, 0.3) is 0 Å². The van der Waals surface area contributed by atoms with E-state index in [1.807, 2.05) is 40.6 Å². The Morgan fingerprint density at radius 3 is 2.86 bits per heavy atom. The number of nitrogens with zero attached hydrogens (tertiary/aromatic N) is 2. The average molecular weight is 410 g/mol. The zero-order valence-electron chi connectivity index (χ0n) is 16.5. The first-order valence-corrected chi connectivity index (χ1v) is 11.5. The molecule has 2 N–H and O–H groups in total. The van der Waals surface area contributed by atoms with Crippen molar-refractivity contribution in [3.05, 3.63) is 64.1 Å². The third kappa shape index (κ3) is 3.77. The smallest absolute Gasteiger partial charge is 0.326 e. The van der Waals surface area contributed by atoms with Gasteiger partial charge in [-0.15, -0.1) is 11.8 Å². The van der Waals surface area contributed by atoms with Gasteiger partial charge in [0, 0.05) is 30.6 Å². The normalized spacial score (nSPS) is 19.3. The molecule has 0 radical (unpaired) electrons. The van der Waals surface area contributed by atoms with E-state index in [2.05, 4.69) is 28.1 Å². The molecule has 1 saturated heterocycles. The minimum absolute atomic E-state index is 0.0170. The summed E-state index contributed by atoms with van der Waals surface area (Å²) in [6.45, 7) is 2.45. The fourth-order valence-corrected chi connectivity index (χ4v) is 5.75. The number of hydrogen-bond donors (Lipinski definition) is 2. The standard InChI is InChI=1S/C23H27N3O2S/c27-21(16-7-8-22-17(14-16)4-3-13-29-22)15-25-11-9-18(10-12-25)26-20-6-2-1-5-19(20)24-23(26)28/h1-2,5-8,14,18,21,27H,3-4,9-13,15H2,(H,24,28). The van der Waals surface area contributed by atoms with E-state index < -0.39 is 6.10 Å². The Balaban J connectivity index is 1.24. The Bertz CT molecular complexity index is 1070. The molecule has 1 aromatic heterocycles. The van der Waals surface area contributed by atoms with Gasteiger partial charge in [-0.05, 0) is 60.8 Å². The molecule has 0 aliphatic carbocycles. The van der Waals surface area contributed by atoms with Gasteiger partial charge in [0.1, 0.15) is 0 Å². The molecule has 0 amide bonds. The quantitative estimate of drug-likeness (QED) is 0.689. The Labute approximate surface area is 174 Å². The summed E-state index contributed by atoms with van der Waals surface area (Å²) in [7, 11) is 0. The van der Waals surface area contributed by atoms with Crippen LogP contribution in [0.15, 0.2) is 52.2 Å². The summed E-state index contributed by atoms with van der Waals surface area (Å²) in [5.41, 5.74) is 4.29. The van der Waals surface area contributed by atoms with Crippen LogP contribution in [0.2, 0.25) is 0 Å². The summed E-state index contributed by atoms with van der Waals surface area (Å²) in [6.07, 6.45) is 3.73. The number of para-hydroxylation sites is 2. The fourth-order valence-electron chi connectivity index (χ4n) is 4.73. The molecule has 2 aliphatic rings. The lowest BCUT2D eigenvalue weighted by Gasteiger charge is -2.33. The number of aliphatic hydroxyl groups excluding tert-OH is 1. The molecule has 5 nitrogen and oxygen atoms in total. The Morgan fingerprint density at radius 1 is 1.17 bits per heavy atom. The van der Waals surface area contributed by atoms with Crippen LogP contribution in [-0.4, -0.2) is 44.9 Å². The summed E-state index contributed by atoms with van der Waals surface area (Å²) in [6, 6.07) is 14.6. The van der Waals surface area contributed by atoms with Crippen molar-refractivity contribution in [2.45, 2.75) is 42.7 Å². The number of β-amino-alcohol motifs (C(OH)–C–C–N with tert-alkyl or cyclic N) is 1. The largest absolute Gasteiger partial charge is 0.387 e. The highest BCUT2D eigenvalue weighted by molar-refractivity contribution is 7.99. The first-order valence-electron chi connectivity index (χ1n) is 10.5. The monoisotopic (exact) mass is 409 g/mol. The predicted molar refractivity (Wildman–Crippen MR) is 118 cm³/mol. The number of thioether (sulfide) groups is 1. The van der Waals surface area contributed by atoms with Crippen LogP contribution in [0.25, 0.3) is 11.0 Å². The third-order valence-electron chi connectivity index (χ3n) is 6.29. The number of nitrogens with one attached hydrogen (secondary N) is 1. The molecule has 0 saturated carbocycles. The lowest BCUT2D eigenvalue weighted by molar-refractivity contribution is 0.0906. The number of aryl methyl sites for hydroxylation is 1. The maximum Gasteiger partial charge on any atom is 0.326 e. The first-order chi connectivity index (χ1) is 14.2. The number of piperidine rings is 1. The summed E-state index contributed by atoms with van der Waals surface area (Å²) in [5.74, 6) is 1.20. The maximum absolute atomic E-state index is 12.5. The van der Waals surface area contributed by atoms with E-state index in [0.29, 0.717) is 6.54 Å². The van der Waals surface area contributed by atoms with Gasteiger partial charge in [0.05, 0.1) is 17.1 Å². The van der Waals surface area contributed by atoms with Gasteiger partial charge in [0.2, 0.25) is 0 Å². The van der Waals surface area contributed by atoms with E-state index in [0.717, 1.165) is 48.9 Å². The number of likely N-dealkylation sites (tertiary alicyclic amines) is 1. The highest BCUT2D eigenvalue weighted by Gasteiger charge is 2.25. The van der Waals surface area contributed by atoms with Gasteiger partial charge in [-0.25, -0.2) is 4.79 Å². The van der Waals surface area contributed by atoms with E-state index in [1.54, 1.807) is 0 Å². The molecule has 2 aliphatic heterocycles. The number of aromatic amines is 1. The van der Waals surface area contributed by atoms with Crippen molar-refractivity contribution in [1.29, 1.82) is 0 Å². The van der Waals surface area contributed by atoms with Gasteiger partial charge in [-0.1, -0.05) is 24.3 Å². The zero-order chi connectivity index (χ0) is 19.8. The zero-order valence-corrected chi connectivity index (χ0v) is 17.3. The Hall–Kier alpha value is -2.02. The second-order valence-corrected chi connectivity index (χ2v) is 9.32. The van der Waals surface area contributed by atoms with E-state index in [4.69, 9.17) is 0 Å². The molecule has 3 aromatic rings. The number of aliphatic hydroxyl groups is 1. The van der Waals surface area contributed by atoms with E-state index in [9.17, 15) is 9.90 Å². The second-order valence-electron chi connectivity index (χ2n) is 8.18. The predicted octanol–water partition coefficient (Wildman–Crippen LogP) is 3.74. The average Bonchev–Trinajstić information content (AvgIpc) is 3.09. The maximum atomic E-state index is 12.5. The van der Waals surface area contributed by atoms with Crippen LogP contribution in [0.3, 0.4) is 0 Å². The highest BCUT2D eigenvalue weighted by Crippen LogP contribution is 2.32. The molecular weight excluding hydrogens is 382 g/mol. The number of fused-ring (bicyclic) bond motifs is 2. The van der Waals surface area contributed by atoms with Crippen LogP contribution < -0.4 is 5.69 Å². The number of aromatic nitrogens is 2. The lowest BCUT2D eigenvalue weighted by Crippen LogP contribution is -2.39. The van der Waals surface area contributed by atoms with E-state index >= 15 is 0 Å². The van der Waals surface area contributed by atoms with Crippen molar-refractivity contribution in [3.63, 3.8) is 0 Å². The van der Waals surface area contributed by atoms with Crippen LogP contribution in [0, 0.1) is 0 Å². The molecule has 1 unspecified atom stereocenters. The summed E-state index contributed by atoms with van der Waals surface area (Å²) in [4.78, 5) is 19.1. The number of hydrogen-bond acceptors (Lipinski definition) is 4. The SMILES string of the molecule is O=c1[nH]c2ccccc2n1C1CCN(CC(O)c2ccc3c(c2)CCCS3)CC1. The lowest BCUT2D eigenvalue weighted by atomic mass is 10.0. The molecule has 2 aromatic carbocycles. The van der Waals surface area contributed by atoms with Crippen LogP contribution in [0.5, 0.6) is 0 Å². The molecule has 3 heterocycles. The van der Waals surface area contributed by atoms with Crippen LogP contribution in [-0.2, 0) is 6.42 Å². The molecule has 1 fully saturated rings. The van der Waals surface area contributed by atoms with Gasteiger partial charge < -0.3 is 15.0 Å². The van der Waals surface area contributed by atoms with E-state index in [1.165, 1.54) is 22.6 Å². The Kier molecular flexibility index (Phi) is 5.24. The number of imidazole rings is 1. The first kappa shape index (κ1) is 19.0. The third-order valence-corrected chi connectivity index (χ3v) is 7.50. The van der Waals surface area contributed by atoms with Crippen molar-refractivity contribution >= 4 is 22.8 Å². The summed E-state index contributed by atoms with van der Waals surface area (Å²) < 4.78 is 1.92.